The third-order valence-corrected chi connectivity index (χ3v) is 4.59. The first-order valence-electron chi connectivity index (χ1n) is 9.01. The van der Waals surface area contributed by atoms with Gasteiger partial charge in [-0.2, -0.15) is 0 Å². The monoisotopic (exact) mass is 373 g/mol. The normalized spacial score (nSPS) is 13.6. The highest BCUT2D eigenvalue weighted by molar-refractivity contribution is 6.11. The second-order valence-corrected chi connectivity index (χ2v) is 6.52. The number of aromatic nitrogens is 1. The number of nitrogens with one attached hydrogen (secondary N) is 1. The smallest absolute Gasteiger partial charge is 0.264 e. The number of carbonyl (C=O) groups is 2. The fourth-order valence-electron chi connectivity index (χ4n) is 3.17. The zero-order valence-corrected chi connectivity index (χ0v) is 15.3. The Morgan fingerprint density at radius 3 is 2.64 bits per heavy atom. The van der Waals surface area contributed by atoms with Gasteiger partial charge in [-0.15, -0.1) is 0 Å². The van der Waals surface area contributed by atoms with Gasteiger partial charge >= 0.3 is 0 Å². The molecular formula is C22H19N3O3. The third kappa shape index (κ3) is 3.44. The largest absolute Gasteiger partial charge is 0.436 e. The van der Waals surface area contributed by atoms with E-state index >= 15 is 0 Å². The fraction of sp³-hybridized carbons (Fsp3) is 0.136. The Kier molecular flexibility index (Phi) is 4.76. The minimum absolute atomic E-state index is 0.120. The van der Waals surface area contributed by atoms with E-state index in [2.05, 4.69) is 10.3 Å². The Morgan fingerprint density at radius 1 is 1.07 bits per heavy atom. The standard InChI is InChI=1S/C22H19N3O3/c1-15(16-8-3-2-4-9-16)24-20(26)14-25-18-11-5-6-12-19(18)28-21-17(22(25)27)10-7-13-23-21/h2-13,15H,14H2,1H3,(H,24,26). The van der Waals surface area contributed by atoms with Gasteiger partial charge in [-0.3, -0.25) is 14.5 Å². The van der Waals surface area contributed by atoms with E-state index in [1.165, 1.54) is 4.90 Å². The molecular weight excluding hydrogens is 354 g/mol. The molecule has 0 bridgehead atoms. The molecule has 0 radical (unpaired) electrons. The average Bonchev–Trinajstić information content (AvgIpc) is 2.84. The molecule has 2 heterocycles. The van der Waals surface area contributed by atoms with Crippen LogP contribution in [0.15, 0.2) is 72.9 Å². The van der Waals surface area contributed by atoms with Crippen LogP contribution in [-0.2, 0) is 4.79 Å². The molecule has 4 rings (SSSR count). The topological polar surface area (TPSA) is 71.5 Å². The number of ether oxygens (including phenoxy) is 1. The van der Waals surface area contributed by atoms with E-state index in [9.17, 15) is 9.59 Å². The quantitative estimate of drug-likeness (QED) is 0.757. The summed E-state index contributed by atoms with van der Waals surface area (Å²) < 4.78 is 5.83. The number of hydrogen-bond donors (Lipinski definition) is 1. The van der Waals surface area contributed by atoms with Crippen molar-refractivity contribution in [3.63, 3.8) is 0 Å². The average molecular weight is 373 g/mol. The Hall–Kier alpha value is -3.67. The van der Waals surface area contributed by atoms with Crippen molar-refractivity contribution < 1.29 is 14.3 Å². The van der Waals surface area contributed by atoms with Crippen molar-refractivity contribution in [2.75, 3.05) is 11.4 Å². The molecule has 0 saturated carbocycles. The summed E-state index contributed by atoms with van der Waals surface area (Å²) in [6.45, 7) is 1.79. The maximum Gasteiger partial charge on any atom is 0.264 e. The van der Waals surface area contributed by atoms with Crippen LogP contribution in [0, 0.1) is 0 Å². The van der Waals surface area contributed by atoms with Gasteiger partial charge in [0.05, 0.1) is 11.7 Å². The lowest BCUT2D eigenvalue weighted by molar-refractivity contribution is -0.120. The van der Waals surface area contributed by atoms with Crippen LogP contribution < -0.4 is 15.0 Å². The number of pyridine rings is 1. The van der Waals surface area contributed by atoms with Crippen molar-refractivity contribution in [2.24, 2.45) is 0 Å². The highest BCUT2D eigenvalue weighted by Gasteiger charge is 2.30. The lowest BCUT2D eigenvalue weighted by atomic mass is 10.1. The highest BCUT2D eigenvalue weighted by Crippen LogP contribution is 2.37. The Morgan fingerprint density at radius 2 is 1.82 bits per heavy atom. The van der Waals surface area contributed by atoms with E-state index in [-0.39, 0.29) is 30.3 Å². The van der Waals surface area contributed by atoms with Gasteiger partial charge in [0.1, 0.15) is 12.1 Å². The van der Waals surface area contributed by atoms with Gasteiger partial charge in [0.25, 0.3) is 5.91 Å². The van der Waals surface area contributed by atoms with Gasteiger partial charge in [0.2, 0.25) is 11.8 Å². The minimum Gasteiger partial charge on any atom is -0.436 e. The van der Waals surface area contributed by atoms with E-state index in [1.807, 2.05) is 43.3 Å². The summed E-state index contributed by atoms with van der Waals surface area (Å²) in [6, 6.07) is 20.0. The molecule has 2 amide bonds. The molecule has 1 aliphatic heterocycles. The molecule has 3 aromatic rings. The number of para-hydroxylation sites is 2. The third-order valence-electron chi connectivity index (χ3n) is 4.59. The van der Waals surface area contributed by atoms with Crippen LogP contribution in [0.2, 0.25) is 0 Å². The molecule has 6 heteroatoms. The predicted octanol–water partition coefficient (Wildman–Crippen LogP) is 3.71. The van der Waals surface area contributed by atoms with E-state index in [0.717, 1.165) is 5.56 Å². The second-order valence-electron chi connectivity index (χ2n) is 6.52. The first-order chi connectivity index (χ1) is 13.6. The van der Waals surface area contributed by atoms with Crippen LogP contribution in [0.1, 0.15) is 28.9 Å². The first-order valence-corrected chi connectivity index (χ1v) is 9.01. The SMILES string of the molecule is CC(NC(=O)CN1C(=O)c2cccnc2Oc2ccccc21)c1ccccc1. The Bertz CT molecular complexity index is 1020. The zero-order valence-electron chi connectivity index (χ0n) is 15.3. The van der Waals surface area contributed by atoms with Crippen molar-refractivity contribution in [1.29, 1.82) is 0 Å². The predicted molar refractivity (Wildman–Crippen MR) is 105 cm³/mol. The highest BCUT2D eigenvalue weighted by atomic mass is 16.5. The van der Waals surface area contributed by atoms with E-state index < -0.39 is 0 Å². The van der Waals surface area contributed by atoms with Crippen LogP contribution >= 0.6 is 0 Å². The summed E-state index contributed by atoms with van der Waals surface area (Å²) in [7, 11) is 0. The van der Waals surface area contributed by atoms with Crippen molar-refractivity contribution in [1.82, 2.24) is 10.3 Å². The van der Waals surface area contributed by atoms with Gasteiger partial charge in [-0.1, -0.05) is 42.5 Å². The summed E-state index contributed by atoms with van der Waals surface area (Å²) in [6.07, 6.45) is 1.57. The molecule has 1 aliphatic rings. The fourth-order valence-corrected chi connectivity index (χ4v) is 3.17. The molecule has 1 aromatic heterocycles. The van der Waals surface area contributed by atoms with Gasteiger partial charge in [0, 0.05) is 6.20 Å². The molecule has 0 saturated heterocycles. The van der Waals surface area contributed by atoms with Crippen molar-refractivity contribution in [2.45, 2.75) is 13.0 Å². The molecule has 0 fully saturated rings. The van der Waals surface area contributed by atoms with Crippen LogP contribution in [-0.4, -0.2) is 23.3 Å². The summed E-state index contributed by atoms with van der Waals surface area (Å²) in [5, 5.41) is 2.95. The molecule has 0 spiro atoms. The number of nitrogens with zero attached hydrogens (tertiary/aromatic N) is 2. The summed E-state index contributed by atoms with van der Waals surface area (Å²) >= 11 is 0. The maximum absolute atomic E-state index is 13.1. The van der Waals surface area contributed by atoms with Gasteiger partial charge in [-0.25, -0.2) is 4.98 Å². The van der Waals surface area contributed by atoms with Gasteiger partial charge < -0.3 is 10.1 Å². The lowest BCUT2D eigenvalue weighted by Crippen LogP contribution is -2.41. The molecule has 1 N–H and O–H groups in total. The summed E-state index contributed by atoms with van der Waals surface area (Å²) in [4.78, 5) is 31.4. The van der Waals surface area contributed by atoms with Crippen LogP contribution in [0.5, 0.6) is 11.6 Å². The van der Waals surface area contributed by atoms with Crippen molar-refractivity contribution >= 4 is 17.5 Å². The number of hydrogen-bond acceptors (Lipinski definition) is 4. The van der Waals surface area contributed by atoms with E-state index in [4.69, 9.17) is 4.74 Å². The molecule has 2 aromatic carbocycles. The Labute approximate surface area is 162 Å². The van der Waals surface area contributed by atoms with Gasteiger partial charge in [-0.05, 0) is 36.8 Å². The molecule has 1 atom stereocenters. The zero-order chi connectivity index (χ0) is 19.5. The molecule has 140 valence electrons. The second kappa shape index (κ2) is 7.52. The first kappa shape index (κ1) is 17.7. The van der Waals surface area contributed by atoms with Crippen molar-refractivity contribution in [3.8, 4) is 11.6 Å². The molecule has 28 heavy (non-hydrogen) atoms. The van der Waals surface area contributed by atoms with Gasteiger partial charge in [0.15, 0.2) is 5.75 Å². The van der Waals surface area contributed by atoms with Crippen LogP contribution in [0.4, 0.5) is 5.69 Å². The number of benzene rings is 2. The van der Waals surface area contributed by atoms with E-state index in [0.29, 0.717) is 17.0 Å². The van der Waals surface area contributed by atoms with Crippen LogP contribution in [0.25, 0.3) is 0 Å². The maximum atomic E-state index is 13.1. The molecule has 1 unspecified atom stereocenters. The molecule has 0 aliphatic carbocycles. The van der Waals surface area contributed by atoms with E-state index in [1.54, 1.807) is 36.5 Å². The van der Waals surface area contributed by atoms with Crippen molar-refractivity contribution in [3.05, 3.63) is 84.1 Å². The molecule has 6 nitrogen and oxygen atoms in total. The number of fused-ring (bicyclic) bond motifs is 2. The number of anilines is 1. The summed E-state index contributed by atoms with van der Waals surface area (Å²) in [5.41, 5.74) is 1.85. The Balaban J connectivity index is 1.61. The number of amides is 2. The number of carbonyl (C=O) groups excluding carboxylic acids is 2. The summed E-state index contributed by atoms with van der Waals surface area (Å²) in [5.74, 6) is 0.139. The van der Waals surface area contributed by atoms with Crippen LogP contribution in [0.3, 0.4) is 0 Å². The lowest BCUT2D eigenvalue weighted by Gasteiger charge is -2.23. The number of rotatable bonds is 4. The minimum atomic E-state index is -0.324.